The van der Waals surface area contributed by atoms with Crippen molar-refractivity contribution in [3.05, 3.63) is 34.9 Å². The van der Waals surface area contributed by atoms with Crippen LogP contribution in [0.4, 0.5) is 8.78 Å². The monoisotopic (exact) mass is 238 g/mol. The van der Waals surface area contributed by atoms with Gasteiger partial charge in [-0.05, 0) is 49.1 Å². The number of fused-ring (bicyclic) bond motifs is 1. The van der Waals surface area contributed by atoms with Gasteiger partial charge in [0.1, 0.15) is 11.6 Å². The topological polar surface area (TPSA) is 20.2 Å². The van der Waals surface area contributed by atoms with E-state index in [9.17, 15) is 13.9 Å². The van der Waals surface area contributed by atoms with E-state index in [1.807, 2.05) is 0 Å². The van der Waals surface area contributed by atoms with Gasteiger partial charge in [-0.25, -0.2) is 8.78 Å². The van der Waals surface area contributed by atoms with E-state index in [0.717, 1.165) is 18.9 Å². The van der Waals surface area contributed by atoms with E-state index >= 15 is 0 Å². The smallest absolute Gasteiger partial charge is 0.131 e. The zero-order chi connectivity index (χ0) is 12.2. The highest BCUT2D eigenvalue weighted by Crippen LogP contribution is 2.62. The van der Waals surface area contributed by atoms with Gasteiger partial charge in [0.15, 0.2) is 0 Å². The van der Waals surface area contributed by atoms with Gasteiger partial charge in [-0.2, -0.15) is 0 Å². The maximum absolute atomic E-state index is 13.6. The quantitative estimate of drug-likeness (QED) is 0.837. The highest BCUT2D eigenvalue weighted by molar-refractivity contribution is 5.29. The van der Waals surface area contributed by atoms with Gasteiger partial charge in [-0.1, -0.05) is 6.42 Å². The highest BCUT2D eigenvalue weighted by atomic mass is 19.1. The maximum Gasteiger partial charge on any atom is 0.131 e. The van der Waals surface area contributed by atoms with Crippen LogP contribution in [0.1, 0.15) is 36.5 Å². The lowest BCUT2D eigenvalue weighted by Crippen LogP contribution is -2.08. The summed E-state index contributed by atoms with van der Waals surface area (Å²) in [6.45, 7) is 1.60. The molecule has 2 aliphatic rings. The van der Waals surface area contributed by atoms with Gasteiger partial charge in [-0.3, -0.25) is 0 Å². The second-order valence-electron chi connectivity index (χ2n) is 5.40. The van der Waals surface area contributed by atoms with Crippen LogP contribution in [-0.2, 0) is 0 Å². The standard InChI is InChI=1S/C14H16F2O/c1-7-5-10(12(16)6-11(7)15)14(17)13-8-3-2-4-9(8)13/h5-6,8-9,13-14,17H,2-4H2,1H3. The van der Waals surface area contributed by atoms with Gasteiger partial charge in [0.05, 0.1) is 6.10 Å². The van der Waals surface area contributed by atoms with Crippen molar-refractivity contribution in [3.8, 4) is 0 Å². The SMILES string of the molecule is Cc1cc(C(O)C2C3CCCC32)c(F)cc1F. The minimum absolute atomic E-state index is 0.197. The summed E-state index contributed by atoms with van der Waals surface area (Å²) >= 11 is 0. The lowest BCUT2D eigenvalue weighted by molar-refractivity contribution is 0.133. The highest BCUT2D eigenvalue weighted by Gasteiger charge is 2.56. The van der Waals surface area contributed by atoms with Gasteiger partial charge in [0.2, 0.25) is 0 Å². The van der Waals surface area contributed by atoms with Crippen LogP contribution >= 0.6 is 0 Å². The summed E-state index contributed by atoms with van der Waals surface area (Å²) < 4.78 is 26.8. The fraction of sp³-hybridized carbons (Fsp3) is 0.571. The molecule has 3 rings (SSSR count). The first kappa shape index (κ1) is 11.1. The van der Waals surface area contributed by atoms with Crippen molar-refractivity contribution in [2.24, 2.45) is 17.8 Å². The van der Waals surface area contributed by atoms with E-state index in [-0.39, 0.29) is 11.5 Å². The molecule has 0 radical (unpaired) electrons. The lowest BCUT2D eigenvalue weighted by Gasteiger charge is -2.15. The van der Waals surface area contributed by atoms with Crippen molar-refractivity contribution in [2.45, 2.75) is 32.3 Å². The molecule has 2 aliphatic carbocycles. The second-order valence-corrected chi connectivity index (χ2v) is 5.40. The zero-order valence-electron chi connectivity index (χ0n) is 9.79. The summed E-state index contributed by atoms with van der Waals surface area (Å²) in [7, 11) is 0. The fourth-order valence-corrected chi connectivity index (χ4v) is 3.46. The van der Waals surface area contributed by atoms with Crippen LogP contribution in [0.5, 0.6) is 0 Å². The number of aliphatic hydroxyl groups is 1. The number of rotatable bonds is 2. The van der Waals surface area contributed by atoms with Crippen molar-refractivity contribution in [3.63, 3.8) is 0 Å². The largest absolute Gasteiger partial charge is 0.388 e. The maximum atomic E-state index is 13.6. The number of aryl methyl sites for hydroxylation is 1. The molecular weight excluding hydrogens is 222 g/mol. The van der Waals surface area contributed by atoms with Crippen LogP contribution < -0.4 is 0 Å². The van der Waals surface area contributed by atoms with Gasteiger partial charge in [0, 0.05) is 11.6 Å². The van der Waals surface area contributed by atoms with Crippen LogP contribution in [0.3, 0.4) is 0 Å². The van der Waals surface area contributed by atoms with Crippen molar-refractivity contribution >= 4 is 0 Å². The first-order valence-corrected chi connectivity index (χ1v) is 6.23. The predicted molar refractivity (Wildman–Crippen MR) is 60.4 cm³/mol. The minimum atomic E-state index is -0.760. The van der Waals surface area contributed by atoms with E-state index in [4.69, 9.17) is 0 Å². The molecule has 0 amide bonds. The number of hydrogen-bond donors (Lipinski definition) is 1. The molecule has 1 aromatic carbocycles. The Morgan fingerprint density at radius 2 is 1.82 bits per heavy atom. The summed E-state index contributed by atoms with van der Waals surface area (Å²) in [6.07, 6.45) is 2.76. The molecule has 3 heteroatoms. The van der Waals surface area contributed by atoms with E-state index in [0.29, 0.717) is 17.4 Å². The molecule has 3 unspecified atom stereocenters. The molecule has 3 atom stereocenters. The molecule has 1 nitrogen and oxygen atoms in total. The summed E-state index contributed by atoms with van der Waals surface area (Å²) in [5, 5.41) is 10.2. The summed E-state index contributed by atoms with van der Waals surface area (Å²) in [5.41, 5.74) is 0.662. The van der Waals surface area contributed by atoms with E-state index in [1.54, 1.807) is 6.92 Å². The average molecular weight is 238 g/mol. The molecule has 0 bridgehead atoms. The van der Waals surface area contributed by atoms with E-state index in [1.165, 1.54) is 12.5 Å². The third-order valence-corrected chi connectivity index (χ3v) is 4.43. The number of benzene rings is 1. The first-order chi connectivity index (χ1) is 8.09. The number of halogens is 2. The summed E-state index contributed by atoms with van der Waals surface area (Å²) in [6, 6.07) is 2.33. The fourth-order valence-electron chi connectivity index (χ4n) is 3.46. The third-order valence-electron chi connectivity index (χ3n) is 4.43. The zero-order valence-corrected chi connectivity index (χ0v) is 9.79. The Balaban J connectivity index is 1.87. The average Bonchev–Trinajstić information content (AvgIpc) is 2.76. The molecule has 1 N–H and O–H groups in total. The van der Waals surface area contributed by atoms with Gasteiger partial charge < -0.3 is 5.11 Å². The van der Waals surface area contributed by atoms with Crippen molar-refractivity contribution < 1.29 is 13.9 Å². The Morgan fingerprint density at radius 3 is 2.47 bits per heavy atom. The summed E-state index contributed by atoms with van der Waals surface area (Å²) in [5.74, 6) is 0.160. The Kier molecular flexibility index (Phi) is 2.47. The normalized spacial score (nSPS) is 32.4. The molecule has 2 saturated carbocycles. The van der Waals surface area contributed by atoms with Gasteiger partial charge in [0.25, 0.3) is 0 Å². The Bertz CT molecular complexity index is 448. The molecule has 0 aliphatic heterocycles. The molecule has 17 heavy (non-hydrogen) atoms. The van der Waals surface area contributed by atoms with E-state index < -0.39 is 17.7 Å². The summed E-state index contributed by atoms with van der Waals surface area (Å²) in [4.78, 5) is 0. The van der Waals surface area contributed by atoms with Crippen LogP contribution in [0, 0.1) is 36.3 Å². The van der Waals surface area contributed by atoms with Gasteiger partial charge in [-0.15, -0.1) is 0 Å². The van der Waals surface area contributed by atoms with Gasteiger partial charge >= 0.3 is 0 Å². The minimum Gasteiger partial charge on any atom is -0.388 e. The molecular formula is C14H16F2O. The first-order valence-electron chi connectivity index (χ1n) is 6.23. The molecule has 0 spiro atoms. The number of aliphatic hydroxyl groups excluding tert-OH is 1. The number of hydrogen-bond acceptors (Lipinski definition) is 1. The van der Waals surface area contributed by atoms with Crippen LogP contribution in [-0.4, -0.2) is 5.11 Å². The Labute approximate surface area is 99.5 Å². The molecule has 0 aromatic heterocycles. The molecule has 0 saturated heterocycles. The third kappa shape index (κ3) is 1.68. The van der Waals surface area contributed by atoms with Crippen molar-refractivity contribution in [1.29, 1.82) is 0 Å². The van der Waals surface area contributed by atoms with Crippen LogP contribution in [0.2, 0.25) is 0 Å². The van der Waals surface area contributed by atoms with Crippen LogP contribution in [0.15, 0.2) is 12.1 Å². The molecule has 2 fully saturated rings. The Morgan fingerprint density at radius 1 is 1.18 bits per heavy atom. The molecule has 1 aromatic rings. The molecule has 0 heterocycles. The van der Waals surface area contributed by atoms with Crippen LogP contribution in [0.25, 0.3) is 0 Å². The van der Waals surface area contributed by atoms with E-state index in [2.05, 4.69) is 0 Å². The molecule has 92 valence electrons. The Hall–Kier alpha value is -0.960. The van der Waals surface area contributed by atoms with Crippen molar-refractivity contribution in [2.75, 3.05) is 0 Å². The second kappa shape index (κ2) is 3.77. The predicted octanol–water partition coefficient (Wildman–Crippen LogP) is 3.35. The lowest BCUT2D eigenvalue weighted by atomic mass is 9.97. The van der Waals surface area contributed by atoms with Crippen molar-refractivity contribution in [1.82, 2.24) is 0 Å².